The monoisotopic (exact) mass is 402 g/mol. The van der Waals surface area contributed by atoms with E-state index in [2.05, 4.69) is 20.2 Å². The summed E-state index contributed by atoms with van der Waals surface area (Å²) < 4.78 is 0. The molecule has 2 aromatic heterocycles. The van der Waals surface area contributed by atoms with E-state index < -0.39 is 5.97 Å². The molecule has 2 aromatic rings. The van der Waals surface area contributed by atoms with E-state index >= 15 is 0 Å². The Kier molecular flexibility index (Phi) is 5.51. The van der Waals surface area contributed by atoms with Crippen LogP contribution in [0.5, 0.6) is 0 Å². The number of aromatic amines is 1. The predicted molar refractivity (Wildman–Crippen MR) is 104 cm³/mol. The quantitative estimate of drug-likeness (QED) is 0.678. The third kappa shape index (κ3) is 3.57. The van der Waals surface area contributed by atoms with E-state index in [4.69, 9.17) is 28.3 Å². The molecule has 1 saturated carbocycles. The molecule has 3 N–H and O–H groups in total. The van der Waals surface area contributed by atoms with Gasteiger partial charge >= 0.3 is 24.8 Å². The van der Waals surface area contributed by atoms with Crippen LogP contribution in [0.15, 0.2) is 18.3 Å². The molecule has 10 heteroatoms. The zero-order chi connectivity index (χ0) is 18.6. The second kappa shape index (κ2) is 7.40. The van der Waals surface area contributed by atoms with Gasteiger partial charge in [0.2, 0.25) is 0 Å². The van der Waals surface area contributed by atoms with Gasteiger partial charge in [0.15, 0.2) is 0 Å². The van der Waals surface area contributed by atoms with Gasteiger partial charge in [-0.1, -0.05) is 23.2 Å². The number of aromatic carboxylic acids is 1. The first-order valence-corrected chi connectivity index (χ1v) is 8.91. The molecule has 4 rings (SSSR count). The van der Waals surface area contributed by atoms with Gasteiger partial charge in [-0.05, 0) is 19.1 Å². The zero-order valence-corrected chi connectivity index (χ0v) is 15.3. The molecular formula is C17H17Cl2LiN4O3. The summed E-state index contributed by atoms with van der Waals surface area (Å²) in [4.78, 5) is 32.5. The first-order valence-electron chi connectivity index (χ1n) is 8.15. The molecule has 1 amide bonds. The number of aryl methyl sites for hydroxylation is 1. The van der Waals surface area contributed by atoms with E-state index in [1.165, 1.54) is 6.20 Å². The third-order valence-electron chi connectivity index (χ3n) is 5.09. The van der Waals surface area contributed by atoms with Crippen molar-refractivity contribution in [3.63, 3.8) is 0 Å². The van der Waals surface area contributed by atoms with Crippen LogP contribution in [0.4, 0.5) is 5.82 Å². The van der Waals surface area contributed by atoms with E-state index in [9.17, 15) is 9.59 Å². The molecule has 0 aromatic carbocycles. The number of nitrogens with one attached hydrogen (secondary N) is 2. The molecule has 1 unspecified atom stereocenters. The van der Waals surface area contributed by atoms with Gasteiger partial charge in [0, 0.05) is 42.9 Å². The number of halogens is 2. The van der Waals surface area contributed by atoms with Gasteiger partial charge in [-0.25, -0.2) is 9.78 Å². The number of pyridine rings is 1. The van der Waals surface area contributed by atoms with Crippen LogP contribution in [0.3, 0.4) is 0 Å². The van der Waals surface area contributed by atoms with Gasteiger partial charge in [-0.15, -0.1) is 0 Å². The SMILES string of the molecule is Cc1[nH]c(C(=O)NC2[C@H]3CN(c4ccc(C(=O)O)cn4)C[C@@H]23)c(Cl)c1Cl.[LiH]. The van der Waals surface area contributed by atoms with Crippen molar-refractivity contribution in [3.05, 3.63) is 45.3 Å². The Bertz CT molecular complexity index is 890. The van der Waals surface area contributed by atoms with Crippen LogP contribution in [-0.2, 0) is 0 Å². The van der Waals surface area contributed by atoms with Gasteiger partial charge in [0.1, 0.15) is 11.5 Å². The summed E-state index contributed by atoms with van der Waals surface area (Å²) in [5.41, 5.74) is 1.13. The number of hydrogen-bond donors (Lipinski definition) is 3. The van der Waals surface area contributed by atoms with E-state index in [1.807, 2.05) is 0 Å². The second-order valence-corrected chi connectivity index (χ2v) is 7.45. The standard InChI is InChI=1S/C17H16Cl2N4O3.Li.H/c1-7-12(18)13(19)15(21-7)16(24)22-14-9-5-23(6-10(9)14)11-3-2-8(4-20-11)17(25)26;;/h2-4,9-10,14,21H,5-6H2,1H3,(H,22,24)(H,25,26);;/t9-,10+,14?;;. The number of carbonyl (C=O) groups is 2. The Morgan fingerprint density at radius 2 is 1.93 bits per heavy atom. The molecule has 1 saturated heterocycles. The van der Waals surface area contributed by atoms with E-state index in [-0.39, 0.29) is 41.4 Å². The first kappa shape index (κ1) is 20.1. The molecule has 0 radical (unpaired) electrons. The Balaban J connectivity index is 0.00000210. The molecule has 7 nitrogen and oxygen atoms in total. The molecule has 1 aliphatic heterocycles. The molecule has 138 valence electrons. The topological polar surface area (TPSA) is 98.3 Å². The van der Waals surface area contributed by atoms with Crippen molar-refractivity contribution in [1.29, 1.82) is 0 Å². The number of carbonyl (C=O) groups excluding carboxylic acids is 1. The van der Waals surface area contributed by atoms with Gasteiger partial charge in [0.05, 0.1) is 15.6 Å². The van der Waals surface area contributed by atoms with Gasteiger partial charge in [0.25, 0.3) is 5.91 Å². The van der Waals surface area contributed by atoms with Crippen molar-refractivity contribution in [2.45, 2.75) is 13.0 Å². The summed E-state index contributed by atoms with van der Waals surface area (Å²) in [7, 11) is 0. The van der Waals surface area contributed by atoms with Crippen LogP contribution in [-0.4, -0.2) is 64.9 Å². The Hall–Kier alpha value is -1.65. The van der Waals surface area contributed by atoms with Gasteiger partial charge < -0.3 is 20.3 Å². The number of piperidine rings is 1. The summed E-state index contributed by atoms with van der Waals surface area (Å²) in [5, 5.41) is 12.6. The number of aromatic nitrogens is 2. The Morgan fingerprint density at radius 3 is 2.41 bits per heavy atom. The summed E-state index contributed by atoms with van der Waals surface area (Å²) in [6.45, 7) is 3.30. The summed E-state index contributed by atoms with van der Waals surface area (Å²) >= 11 is 12.1. The van der Waals surface area contributed by atoms with Crippen LogP contribution in [0.2, 0.25) is 10.0 Å². The number of fused-ring (bicyclic) bond motifs is 1. The second-order valence-electron chi connectivity index (χ2n) is 6.70. The maximum absolute atomic E-state index is 12.4. The van der Waals surface area contributed by atoms with E-state index in [0.29, 0.717) is 28.2 Å². The van der Waals surface area contributed by atoms with Gasteiger partial charge in [-0.2, -0.15) is 0 Å². The van der Waals surface area contributed by atoms with Crippen LogP contribution < -0.4 is 10.2 Å². The number of carboxylic acids is 1. The minimum absolute atomic E-state index is 0. The van der Waals surface area contributed by atoms with Crippen LogP contribution in [0.25, 0.3) is 0 Å². The molecule has 27 heavy (non-hydrogen) atoms. The molecule has 2 fully saturated rings. The zero-order valence-electron chi connectivity index (χ0n) is 13.8. The minimum atomic E-state index is -0.991. The number of nitrogens with zero attached hydrogens (tertiary/aromatic N) is 2. The van der Waals surface area contributed by atoms with E-state index in [0.717, 1.165) is 18.9 Å². The van der Waals surface area contributed by atoms with Crippen molar-refractivity contribution in [3.8, 4) is 0 Å². The average molecular weight is 403 g/mol. The van der Waals surface area contributed by atoms with Gasteiger partial charge in [-0.3, -0.25) is 4.79 Å². The Morgan fingerprint density at radius 1 is 1.26 bits per heavy atom. The van der Waals surface area contributed by atoms with E-state index in [1.54, 1.807) is 19.1 Å². The number of anilines is 1. The fourth-order valence-corrected chi connectivity index (χ4v) is 4.00. The number of amides is 1. The fraction of sp³-hybridized carbons (Fsp3) is 0.353. The Labute approximate surface area is 177 Å². The van der Waals surface area contributed by atoms with Crippen molar-refractivity contribution < 1.29 is 14.7 Å². The molecular weight excluding hydrogens is 386 g/mol. The molecule has 0 bridgehead atoms. The van der Waals surface area contributed by atoms with Crippen LogP contribution >= 0.6 is 23.2 Å². The molecule has 3 atom stereocenters. The number of hydrogen-bond acceptors (Lipinski definition) is 4. The molecule has 1 aliphatic carbocycles. The third-order valence-corrected chi connectivity index (χ3v) is 6.04. The fourth-order valence-electron chi connectivity index (χ4n) is 3.58. The first-order chi connectivity index (χ1) is 12.4. The van der Waals surface area contributed by atoms with Crippen LogP contribution in [0, 0.1) is 18.8 Å². The predicted octanol–water partition coefficient (Wildman–Crippen LogP) is 1.94. The van der Waals surface area contributed by atoms with Crippen molar-refractivity contribution >= 4 is 59.8 Å². The number of H-pyrrole nitrogens is 1. The van der Waals surface area contributed by atoms with Crippen molar-refractivity contribution in [1.82, 2.24) is 15.3 Å². The van der Waals surface area contributed by atoms with Crippen LogP contribution in [0.1, 0.15) is 26.5 Å². The molecule has 3 heterocycles. The maximum atomic E-state index is 12.4. The number of carboxylic acid groups (broad SMARTS) is 1. The average Bonchev–Trinajstić information content (AvgIpc) is 2.95. The van der Waals surface area contributed by atoms with Crippen molar-refractivity contribution in [2.75, 3.05) is 18.0 Å². The summed E-state index contributed by atoms with van der Waals surface area (Å²) in [6, 6.07) is 3.37. The normalized spacial score (nSPS) is 22.8. The van der Waals surface area contributed by atoms with Crippen molar-refractivity contribution in [2.24, 2.45) is 11.8 Å². The molecule has 0 spiro atoms. The summed E-state index contributed by atoms with van der Waals surface area (Å²) in [5.74, 6) is 0.215. The molecule has 2 aliphatic rings. The summed E-state index contributed by atoms with van der Waals surface area (Å²) in [6.07, 6.45) is 1.36. The number of rotatable bonds is 4.